The Morgan fingerprint density at radius 1 is 1.20 bits per heavy atom. The maximum atomic E-state index is 6.15. The summed E-state index contributed by atoms with van der Waals surface area (Å²) in [5.74, 6) is 0.812. The van der Waals surface area contributed by atoms with Crippen LogP contribution in [-0.4, -0.2) is 12.9 Å². The summed E-state index contributed by atoms with van der Waals surface area (Å²) in [6, 6.07) is 8.91. The molecule has 0 unspecified atom stereocenters. The molecule has 0 bridgehead atoms. The van der Waals surface area contributed by atoms with Crippen molar-refractivity contribution in [1.29, 1.82) is 0 Å². The molecule has 0 atom stereocenters. The Kier molecular flexibility index (Phi) is 3.83. The lowest BCUT2D eigenvalue weighted by atomic mass is 10.1. The number of fused-ring (bicyclic) bond motifs is 1. The van der Waals surface area contributed by atoms with Crippen molar-refractivity contribution in [2.45, 2.75) is 46.5 Å². The zero-order valence-corrected chi connectivity index (χ0v) is 14.4. The van der Waals surface area contributed by atoms with Crippen LogP contribution in [-0.2, 0) is 4.43 Å². The van der Waals surface area contributed by atoms with Crippen LogP contribution in [0.2, 0.25) is 19.6 Å². The summed E-state index contributed by atoms with van der Waals surface area (Å²) in [7, 11) is -1.65. The van der Waals surface area contributed by atoms with Gasteiger partial charge in [0, 0.05) is 16.9 Å². The predicted octanol–water partition coefficient (Wildman–Crippen LogP) is 5.35. The van der Waals surface area contributed by atoms with Crippen molar-refractivity contribution in [3.05, 3.63) is 42.1 Å². The van der Waals surface area contributed by atoms with Gasteiger partial charge in [-0.2, -0.15) is 0 Å². The lowest BCUT2D eigenvalue weighted by Crippen LogP contribution is -2.25. The molecule has 2 rings (SSSR count). The van der Waals surface area contributed by atoms with E-state index < -0.39 is 8.32 Å². The van der Waals surface area contributed by atoms with Crippen molar-refractivity contribution in [3.63, 3.8) is 0 Å². The van der Waals surface area contributed by atoms with Crippen molar-refractivity contribution in [2.24, 2.45) is 0 Å². The van der Waals surface area contributed by atoms with E-state index in [0.717, 1.165) is 11.5 Å². The van der Waals surface area contributed by atoms with E-state index in [1.165, 1.54) is 16.5 Å². The van der Waals surface area contributed by atoms with Crippen LogP contribution in [0.4, 0.5) is 0 Å². The summed E-state index contributed by atoms with van der Waals surface area (Å²) >= 11 is 0. The first kappa shape index (κ1) is 14.9. The lowest BCUT2D eigenvalue weighted by Gasteiger charge is -2.24. The lowest BCUT2D eigenvalue weighted by molar-refractivity contribution is 0.499. The molecule has 0 aliphatic carbocycles. The molecule has 0 spiro atoms. The summed E-state index contributed by atoms with van der Waals surface area (Å²) in [5, 5.41) is 1.29. The molecule has 1 heterocycles. The van der Waals surface area contributed by atoms with Crippen LogP contribution in [0.1, 0.15) is 31.1 Å². The number of hydrogen-bond donors (Lipinski definition) is 0. The first-order chi connectivity index (χ1) is 9.22. The van der Waals surface area contributed by atoms with Crippen molar-refractivity contribution in [2.75, 3.05) is 0 Å². The maximum Gasteiger partial charge on any atom is 0.242 e. The van der Waals surface area contributed by atoms with Gasteiger partial charge in [-0.15, -0.1) is 0 Å². The van der Waals surface area contributed by atoms with Gasteiger partial charge in [-0.25, -0.2) is 0 Å². The van der Waals surface area contributed by atoms with Crippen LogP contribution in [0, 0.1) is 6.92 Å². The zero-order chi connectivity index (χ0) is 15.1. The highest BCUT2D eigenvalue weighted by molar-refractivity contribution is 6.70. The van der Waals surface area contributed by atoms with Crippen LogP contribution >= 0.6 is 0 Å². The summed E-state index contributed by atoms with van der Waals surface area (Å²) in [4.78, 5) is 0. The van der Waals surface area contributed by atoms with E-state index in [-0.39, 0.29) is 0 Å². The maximum absolute atomic E-state index is 6.15. The molecule has 0 N–H and O–H groups in total. The van der Waals surface area contributed by atoms with E-state index in [1.807, 2.05) is 0 Å². The number of para-hydroxylation sites is 1. The third-order valence-corrected chi connectivity index (χ3v) is 4.23. The summed E-state index contributed by atoms with van der Waals surface area (Å²) in [5.41, 5.74) is 3.66. The molecule has 2 nitrogen and oxygen atoms in total. The minimum absolute atomic E-state index is 0.380. The van der Waals surface area contributed by atoms with Gasteiger partial charge < -0.3 is 8.99 Å². The average Bonchev–Trinajstić information content (AvgIpc) is 2.61. The SMILES string of the molecule is C=C(O[Si](C)(C)C)c1c(C)c2ccccc2n1C(C)C. The second kappa shape index (κ2) is 5.13. The number of aryl methyl sites for hydroxylation is 1. The smallest absolute Gasteiger partial charge is 0.242 e. The first-order valence-corrected chi connectivity index (χ1v) is 10.6. The molecule has 3 heteroatoms. The molecule has 0 saturated carbocycles. The van der Waals surface area contributed by atoms with Crippen LogP contribution in [0.15, 0.2) is 30.8 Å². The van der Waals surface area contributed by atoms with Gasteiger partial charge in [0.15, 0.2) is 0 Å². The van der Waals surface area contributed by atoms with Crippen molar-refractivity contribution >= 4 is 25.0 Å². The molecule has 20 heavy (non-hydrogen) atoms. The minimum atomic E-state index is -1.65. The normalized spacial score (nSPS) is 12.2. The van der Waals surface area contributed by atoms with Gasteiger partial charge in [-0.05, 0) is 52.0 Å². The Hall–Kier alpha value is -1.48. The molecular formula is C17H25NOSi. The van der Waals surface area contributed by atoms with Crippen molar-refractivity contribution in [1.82, 2.24) is 4.57 Å². The first-order valence-electron chi connectivity index (χ1n) is 7.20. The van der Waals surface area contributed by atoms with Crippen LogP contribution in [0.25, 0.3) is 16.7 Å². The number of benzene rings is 1. The van der Waals surface area contributed by atoms with Gasteiger partial charge in [0.2, 0.25) is 8.32 Å². The molecule has 1 aromatic carbocycles. The Bertz CT molecular complexity index is 647. The van der Waals surface area contributed by atoms with E-state index in [1.54, 1.807) is 0 Å². The Morgan fingerprint density at radius 3 is 2.35 bits per heavy atom. The number of hydrogen-bond acceptors (Lipinski definition) is 1. The molecule has 0 fully saturated rings. The van der Waals surface area contributed by atoms with Gasteiger partial charge in [0.1, 0.15) is 5.76 Å². The number of aromatic nitrogens is 1. The highest BCUT2D eigenvalue weighted by atomic mass is 28.4. The fourth-order valence-corrected chi connectivity index (χ4v) is 3.56. The van der Waals surface area contributed by atoms with Crippen LogP contribution in [0.5, 0.6) is 0 Å². The molecule has 0 radical (unpaired) electrons. The summed E-state index contributed by atoms with van der Waals surface area (Å²) in [6.07, 6.45) is 0. The second-order valence-electron chi connectivity index (χ2n) is 6.59. The molecule has 0 amide bonds. The molecule has 0 saturated heterocycles. The summed E-state index contributed by atoms with van der Waals surface area (Å²) in [6.45, 7) is 17.3. The van der Waals surface area contributed by atoms with Crippen LogP contribution < -0.4 is 0 Å². The van der Waals surface area contributed by atoms with Gasteiger partial charge in [0.25, 0.3) is 0 Å². The zero-order valence-electron chi connectivity index (χ0n) is 13.4. The average molecular weight is 287 g/mol. The Labute approximate surface area is 123 Å². The quantitative estimate of drug-likeness (QED) is 0.546. The van der Waals surface area contributed by atoms with Gasteiger partial charge in [-0.3, -0.25) is 0 Å². The molecule has 1 aromatic heterocycles. The molecular weight excluding hydrogens is 262 g/mol. The monoisotopic (exact) mass is 287 g/mol. The largest absolute Gasteiger partial charge is 0.543 e. The van der Waals surface area contributed by atoms with E-state index in [9.17, 15) is 0 Å². The Morgan fingerprint density at radius 2 is 1.80 bits per heavy atom. The van der Waals surface area contributed by atoms with Crippen molar-refractivity contribution < 1.29 is 4.43 Å². The fraction of sp³-hybridized carbons (Fsp3) is 0.412. The van der Waals surface area contributed by atoms with Crippen molar-refractivity contribution in [3.8, 4) is 0 Å². The van der Waals surface area contributed by atoms with E-state index in [0.29, 0.717) is 6.04 Å². The Balaban J connectivity index is 2.66. The molecule has 0 aliphatic rings. The predicted molar refractivity (Wildman–Crippen MR) is 90.5 cm³/mol. The molecule has 2 aromatic rings. The number of nitrogens with zero attached hydrogens (tertiary/aromatic N) is 1. The highest BCUT2D eigenvalue weighted by Gasteiger charge is 2.23. The third kappa shape index (κ3) is 2.68. The second-order valence-corrected chi connectivity index (χ2v) is 11.0. The van der Waals surface area contributed by atoms with Crippen LogP contribution in [0.3, 0.4) is 0 Å². The van der Waals surface area contributed by atoms with Gasteiger partial charge in [0.05, 0.1) is 5.69 Å². The third-order valence-electron chi connectivity index (χ3n) is 3.37. The topological polar surface area (TPSA) is 14.2 Å². The van der Waals surface area contributed by atoms with Gasteiger partial charge in [-0.1, -0.05) is 24.8 Å². The minimum Gasteiger partial charge on any atom is -0.543 e. The van der Waals surface area contributed by atoms with Gasteiger partial charge >= 0.3 is 0 Å². The van der Waals surface area contributed by atoms with E-state index in [2.05, 4.69) is 75.8 Å². The highest BCUT2D eigenvalue weighted by Crippen LogP contribution is 2.34. The summed E-state index contributed by atoms with van der Waals surface area (Å²) < 4.78 is 8.49. The molecule has 0 aliphatic heterocycles. The van der Waals surface area contributed by atoms with E-state index in [4.69, 9.17) is 4.43 Å². The number of rotatable bonds is 4. The molecule has 108 valence electrons. The van der Waals surface area contributed by atoms with E-state index >= 15 is 0 Å². The standard InChI is InChI=1S/C17H25NOSi/c1-12(2)18-16-11-9-8-10-15(16)13(3)17(18)14(4)19-20(5,6)7/h8-12H,4H2,1-3,5-7H3. The fourth-order valence-electron chi connectivity index (χ4n) is 2.73.